The van der Waals surface area contributed by atoms with Gasteiger partial charge in [-0.25, -0.2) is 4.98 Å². The fraction of sp³-hybridized carbons (Fsp3) is 0.350. The Kier molecular flexibility index (Phi) is 5.45. The van der Waals surface area contributed by atoms with Crippen molar-refractivity contribution in [3.8, 4) is 11.5 Å². The predicted molar refractivity (Wildman–Crippen MR) is 110 cm³/mol. The van der Waals surface area contributed by atoms with E-state index in [-0.39, 0.29) is 11.3 Å². The van der Waals surface area contributed by atoms with Crippen molar-refractivity contribution in [2.45, 2.75) is 13.0 Å². The Bertz CT molecular complexity index is 967. The van der Waals surface area contributed by atoms with Crippen LogP contribution >= 0.6 is 11.6 Å². The Balaban J connectivity index is 1.55. The van der Waals surface area contributed by atoms with Crippen LogP contribution in [-0.4, -0.2) is 54.3 Å². The SMILES string of the molecule is COc1cncc2nc(Cl)nc(N3CCNC(COc4ccc(C)cc4)C3)c12. The molecule has 0 bridgehead atoms. The minimum Gasteiger partial charge on any atom is -0.494 e. The van der Waals surface area contributed by atoms with E-state index in [0.29, 0.717) is 17.9 Å². The number of anilines is 1. The highest BCUT2D eigenvalue weighted by atomic mass is 35.5. The summed E-state index contributed by atoms with van der Waals surface area (Å²) in [6, 6.07) is 8.24. The van der Waals surface area contributed by atoms with E-state index in [2.05, 4.69) is 32.1 Å². The minimum atomic E-state index is 0.159. The summed E-state index contributed by atoms with van der Waals surface area (Å²) >= 11 is 6.17. The molecule has 3 heterocycles. The van der Waals surface area contributed by atoms with Crippen molar-refractivity contribution in [2.75, 3.05) is 38.3 Å². The standard InChI is InChI=1S/C20H22ClN5O2/c1-13-3-5-15(6-4-13)28-12-14-11-26(8-7-23-14)19-18-16(24-20(21)25-19)9-22-10-17(18)27-2/h3-6,9-10,14,23H,7-8,11-12H2,1-2H3. The van der Waals surface area contributed by atoms with Gasteiger partial charge in [-0.15, -0.1) is 0 Å². The van der Waals surface area contributed by atoms with Gasteiger partial charge >= 0.3 is 0 Å². The maximum Gasteiger partial charge on any atom is 0.224 e. The second kappa shape index (κ2) is 8.16. The summed E-state index contributed by atoms with van der Waals surface area (Å²) in [5, 5.41) is 4.52. The molecular formula is C20H22ClN5O2. The van der Waals surface area contributed by atoms with Crippen LogP contribution in [0.1, 0.15) is 5.56 Å². The summed E-state index contributed by atoms with van der Waals surface area (Å²) in [7, 11) is 1.62. The van der Waals surface area contributed by atoms with Crippen molar-refractivity contribution in [1.29, 1.82) is 0 Å². The second-order valence-corrected chi connectivity index (χ2v) is 7.11. The largest absolute Gasteiger partial charge is 0.494 e. The first-order valence-corrected chi connectivity index (χ1v) is 9.55. The van der Waals surface area contributed by atoms with Crippen molar-refractivity contribution in [2.24, 2.45) is 0 Å². The maximum absolute atomic E-state index is 6.17. The first-order valence-electron chi connectivity index (χ1n) is 9.17. The lowest BCUT2D eigenvalue weighted by Gasteiger charge is -2.35. The van der Waals surface area contributed by atoms with E-state index in [1.54, 1.807) is 19.5 Å². The summed E-state index contributed by atoms with van der Waals surface area (Å²) < 4.78 is 11.4. The maximum atomic E-state index is 6.17. The molecule has 146 valence electrons. The molecule has 0 spiro atoms. The second-order valence-electron chi connectivity index (χ2n) is 6.77. The van der Waals surface area contributed by atoms with Gasteiger partial charge in [0.1, 0.15) is 23.9 Å². The molecule has 1 aromatic carbocycles. The molecule has 1 aliphatic rings. The molecule has 8 heteroatoms. The molecule has 1 atom stereocenters. The first-order chi connectivity index (χ1) is 13.6. The van der Waals surface area contributed by atoms with Gasteiger partial charge in [-0.05, 0) is 30.7 Å². The van der Waals surface area contributed by atoms with Gasteiger partial charge < -0.3 is 19.7 Å². The van der Waals surface area contributed by atoms with Gasteiger partial charge in [-0.2, -0.15) is 4.98 Å². The highest BCUT2D eigenvalue weighted by Gasteiger charge is 2.24. The van der Waals surface area contributed by atoms with Crippen LogP contribution < -0.4 is 19.7 Å². The molecule has 7 nitrogen and oxygen atoms in total. The van der Waals surface area contributed by atoms with Crippen molar-refractivity contribution in [3.63, 3.8) is 0 Å². The number of nitrogens with one attached hydrogen (secondary N) is 1. The number of ether oxygens (including phenoxy) is 2. The van der Waals surface area contributed by atoms with Gasteiger partial charge in [-0.1, -0.05) is 17.7 Å². The first kappa shape index (κ1) is 18.7. The summed E-state index contributed by atoms with van der Waals surface area (Å²) in [5.74, 6) is 2.26. The van der Waals surface area contributed by atoms with E-state index < -0.39 is 0 Å². The molecule has 1 saturated heterocycles. The highest BCUT2D eigenvalue weighted by Crippen LogP contribution is 2.32. The number of methoxy groups -OCH3 is 1. The molecule has 3 aromatic rings. The summed E-state index contributed by atoms with van der Waals surface area (Å²) in [5.41, 5.74) is 1.88. The third-order valence-corrected chi connectivity index (χ3v) is 4.94. The van der Waals surface area contributed by atoms with Crippen LogP contribution in [0.25, 0.3) is 10.9 Å². The Morgan fingerprint density at radius 1 is 1.21 bits per heavy atom. The molecule has 1 aliphatic heterocycles. The van der Waals surface area contributed by atoms with E-state index >= 15 is 0 Å². The molecule has 0 amide bonds. The molecule has 1 unspecified atom stereocenters. The van der Waals surface area contributed by atoms with Crippen LogP contribution in [-0.2, 0) is 0 Å². The number of hydrogen-bond donors (Lipinski definition) is 1. The van der Waals surface area contributed by atoms with E-state index in [9.17, 15) is 0 Å². The average molecular weight is 400 g/mol. The summed E-state index contributed by atoms with van der Waals surface area (Å²) in [4.78, 5) is 15.1. The van der Waals surface area contributed by atoms with Gasteiger partial charge in [-0.3, -0.25) is 4.98 Å². The zero-order valence-electron chi connectivity index (χ0n) is 15.9. The zero-order chi connectivity index (χ0) is 19.5. The fourth-order valence-corrected chi connectivity index (χ4v) is 3.52. The highest BCUT2D eigenvalue weighted by molar-refractivity contribution is 6.29. The molecule has 0 saturated carbocycles. The Morgan fingerprint density at radius 2 is 2.04 bits per heavy atom. The number of benzene rings is 1. The van der Waals surface area contributed by atoms with Crippen molar-refractivity contribution >= 4 is 28.3 Å². The number of nitrogens with zero attached hydrogens (tertiary/aromatic N) is 4. The van der Waals surface area contributed by atoms with Crippen LogP contribution in [0.5, 0.6) is 11.5 Å². The number of aromatic nitrogens is 3. The fourth-order valence-electron chi connectivity index (χ4n) is 3.35. The number of pyridine rings is 1. The van der Waals surface area contributed by atoms with Gasteiger partial charge in [0.05, 0.1) is 36.4 Å². The van der Waals surface area contributed by atoms with Crippen LogP contribution in [0.15, 0.2) is 36.7 Å². The molecule has 0 aliphatic carbocycles. The lowest BCUT2D eigenvalue weighted by atomic mass is 10.2. The summed E-state index contributed by atoms with van der Waals surface area (Å²) in [6.45, 7) is 4.98. The third-order valence-electron chi connectivity index (χ3n) is 4.77. The number of fused-ring (bicyclic) bond motifs is 1. The van der Waals surface area contributed by atoms with Crippen molar-refractivity contribution < 1.29 is 9.47 Å². The van der Waals surface area contributed by atoms with Crippen molar-refractivity contribution in [1.82, 2.24) is 20.3 Å². The monoisotopic (exact) mass is 399 g/mol. The molecule has 1 fully saturated rings. The molecule has 2 aromatic heterocycles. The molecule has 4 rings (SSSR count). The zero-order valence-corrected chi connectivity index (χ0v) is 16.6. The van der Waals surface area contributed by atoms with Gasteiger partial charge in [0.15, 0.2) is 0 Å². The van der Waals surface area contributed by atoms with Crippen molar-refractivity contribution in [3.05, 3.63) is 47.5 Å². The lowest BCUT2D eigenvalue weighted by molar-refractivity contribution is 0.256. The molecule has 0 radical (unpaired) electrons. The topological polar surface area (TPSA) is 72.4 Å². The smallest absolute Gasteiger partial charge is 0.224 e. The van der Waals surface area contributed by atoms with Crippen LogP contribution in [0, 0.1) is 6.92 Å². The van der Waals surface area contributed by atoms with E-state index in [1.165, 1.54) is 5.56 Å². The predicted octanol–water partition coefficient (Wildman–Crippen LogP) is 2.85. The van der Waals surface area contributed by atoms with E-state index in [1.807, 2.05) is 24.3 Å². The van der Waals surface area contributed by atoms with Gasteiger partial charge in [0, 0.05) is 19.6 Å². The summed E-state index contributed by atoms with van der Waals surface area (Å²) in [6.07, 6.45) is 3.35. The van der Waals surface area contributed by atoms with Crippen LogP contribution in [0.4, 0.5) is 5.82 Å². The number of halogens is 1. The molecule has 1 N–H and O–H groups in total. The minimum absolute atomic E-state index is 0.159. The molecule has 28 heavy (non-hydrogen) atoms. The molecular weight excluding hydrogens is 378 g/mol. The Labute approximate surface area is 168 Å². The number of aryl methyl sites for hydroxylation is 1. The number of rotatable bonds is 5. The van der Waals surface area contributed by atoms with Crippen LogP contribution in [0.2, 0.25) is 5.28 Å². The quantitative estimate of drug-likeness (QED) is 0.661. The Hall–Kier alpha value is -2.64. The third kappa shape index (κ3) is 3.95. The van der Waals surface area contributed by atoms with E-state index in [0.717, 1.165) is 36.6 Å². The van der Waals surface area contributed by atoms with Gasteiger partial charge in [0.2, 0.25) is 5.28 Å². The number of piperazine rings is 1. The normalized spacial score (nSPS) is 17.0. The lowest BCUT2D eigenvalue weighted by Crippen LogP contribution is -2.53. The van der Waals surface area contributed by atoms with Crippen LogP contribution in [0.3, 0.4) is 0 Å². The Morgan fingerprint density at radius 3 is 2.82 bits per heavy atom. The average Bonchev–Trinajstić information content (AvgIpc) is 2.72. The van der Waals surface area contributed by atoms with E-state index in [4.69, 9.17) is 21.1 Å². The van der Waals surface area contributed by atoms with Gasteiger partial charge in [0.25, 0.3) is 0 Å². The number of hydrogen-bond acceptors (Lipinski definition) is 7.